The molecule has 0 bridgehead atoms. The van der Waals surface area contributed by atoms with Gasteiger partial charge in [0.15, 0.2) is 11.5 Å². The van der Waals surface area contributed by atoms with Gasteiger partial charge in [-0.25, -0.2) is 13.8 Å². The van der Waals surface area contributed by atoms with E-state index in [0.29, 0.717) is 5.56 Å². The second-order valence-electron chi connectivity index (χ2n) is 8.46. The minimum atomic E-state index is -2.90. The number of nitrogens with one attached hydrogen (secondary N) is 1. The van der Waals surface area contributed by atoms with E-state index in [1.807, 2.05) is 0 Å². The highest BCUT2D eigenvalue weighted by molar-refractivity contribution is 7.21. The number of nitrogens with two attached hydrogens (primary N) is 1. The second kappa shape index (κ2) is 10.6. The molecule has 5 rings (SSSR count). The fourth-order valence-electron chi connectivity index (χ4n) is 3.94. The number of hydrogen-bond acceptors (Lipinski definition) is 9. The van der Waals surface area contributed by atoms with Gasteiger partial charge in [0.2, 0.25) is 0 Å². The molecule has 0 atom stereocenters. The van der Waals surface area contributed by atoms with E-state index in [0.717, 1.165) is 17.4 Å². The number of nitrogens with zero attached hydrogens (tertiary/aromatic N) is 2. The number of aromatic nitrogens is 1. The number of hydrogen-bond donors (Lipinski definition) is 2. The molecule has 5 aromatic rings. The van der Waals surface area contributed by atoms with Crippen LogP contribution < -0.4 is 15.8 Å². The molecule has 2 amide bonds. The largest absolute Gasteiger partial charge is 0.479 e. The Kier molecular flexibility index (Phi) is 7.00. The van der Waals surface area contributed by atoms with Crippen molar-refractivity contribution in [3.05, 3.63) is 92.6 Å². The summed E-state index contributed by atoms with van der Waals surface area (Å²) in [6, 6.07) is 11.5. The number of carbonyl (C=O) groups is 2. The van der Waals surface area contributed by atoms with Crippen LogP contribution in [-0.2, 0) is 6.61 Å². The van der Waals surface area contributed by atoms with Crippen LogP contribution in [0.4, 0.5) is 20.2 Å². The smallest absolute Gasteiger partial charge is 0.311 e. The molecule has 4 heterocycles. The van der Waals surface area contributed by atoms with Crippen molar-refractivity contribution in [3.63, 3.8) is 0 Å². The Morgan fingerprint density at radius 2 is 2.02 bits per heavy atom. The topological polar surface area (TPSA) is 164 Å². The lowest BCUT2D eigenvalue weighted by Gasteiger charge is -2.09. The molecule has 40 heavy (non-hydrogen) atoms. The molecular formula is C26H18F2N4O7S. The lowest BCUT2D eigenvalue weighted by molar-refractivity contribution is -0.386. The van der Waals surface area contributed by atoms with E-state index in [1.165, 1.54) is 36.6 Å². The van der Waals surface area contributed by atoms with Gasteiger partial charge in [-0.3, -0.25) is 19.7 Å². The zero-order valence-electron chi connectivity index (χ0n) is 20.5. The monoisotopic (exact) mass is 568 g/mol. The third-order valence-corrected chi connectivity index (χ3v) is 6.82. The highest BCUT2D eigenvalue weighted by atomic mass is 32.1. The predicted molar refractivity (Wildman–Crippen MR) is 140 cm³/mol. The van der Waals surface area contributed by atoms with Gasteiger partial charge >= 0.3 is 5.69 Å². The first kappa shape index (κ1) is 26.5. The van der Waals surface area contributed by atoms with Crippen LogP contribution in [-0.4, -0.2) is 21.7 Å². The first-order valence-corrected chi connectivity index (χ1v) is 12.3. The molecular weight excluding hydrogens is 550 g/mol. The molecule has 0 aliphatic rings. The first-order chi connectivity index (χ1) is 19.1. The molecule has 11 nitrogen and oxygen atoms in total. The lowest BCUT2D eigenvalue weighted by Crippen LogP contribution is -2.16. The molecule has 14 heteroatoms. The Balaban J connectivity index is 1.45. The average molecular weight is 569 g/mol. The molecule has 0 aliphatic carbocycles. The zero-order valence-corrected chi connectivity index (χ0v) is 21.3. The maximum absolute atomic E-state index is 13.6. The van der Waals surface area contributed by atoms with Gasteiger partial charge in [0, 0.05) is 17.0 Å². The van der Waals surface area contributed by atoms with E-state index < -0.39 is 28.9 Å². The number of thiophene rings is 1. The van der Waals surface area contributed by atoms with Crippen LogP contribution in [0.25, 0.3) is 21.5 Å². The molecule has 0 fully saturated rings. The van der Waals surface area contributed by atoms with Crippen molar-refractivity contribution in [2.75, 3.05) is 5.32 Å². The number of rotatable bonds is 9. The second-order valence-corrected chi connectivity index (χ2v) is 9.46. The highest BCUT2D eigenvalue weighted by Crippen LogP contribution is 2.42. The van der Waals surface area contributed by atoms with Crippen LogP contribution >= 0.6 is 11.3 Å². The van der Waals surface area contributed by atoms with Crippen molar-refractivity contribution in [2.45, 2.75) is 20.0 Å². The molecule has 0 unspecified atom stereocenters. The first-order valence-electron chi connectivity index (χ1n) is 11.5. The molecule has 0 saturated carbocycles. The summed E-state index contributed by atoms with van der Waals surface area (Å²) in [4.78, 5) is 40.0. The molecule has 0 aliphatic heterocycles. The molecule has 0 spiro atoms. The predicted octanol–water partition coefficient (Wildman–Crippen LogP) is 6.23. The zero-order chi connectivity index (χ0) is 28.6. The highest BCUT2D eigenvalue weighted by Gasteiger charge is 2.27. The van der Waals surface area contributed by atoms with Gasteiger partial charge in [0.1, 0.15) is 33.5 Å². The van der Waals surface area contributed by atoms with Gasteiger partial charge in [-0.1, -0.05) is 6.07 Å². The number of nitro benzene ring substituents is 1. The average Bonchev–Trinajstić information content (AvgIpc) is 3.68. The standard InChI is InChI=1S/C26H18F2N4O7S/c1-12-4-6-18(16(9-12)32(35)36)38-11-13-5-7-19(39-13)25(34)31-21-20-14(17-3-2-8-37-17)10-15(23(27)28)30-26(20)40-22(21)24(29)33/h2-10,23H,11H2,1H3,(H2,29,33)(H,31,34). The molecule has 0 saturated heterocycles. The Labute approximate surface area is 227 Å². The summed E-state index contributed by atoms with van der Waals surface area (Å²) < 4.78 is 43.6. The van der Waals surface area contributed by atoms with Crippen LogP contribution in [0.3, 0.4) is 0 Å². The van der Waals surface area contributed by atoms with Gasteiger partial charge in [-0.15, -0.1) is 11.3 Å². The quantitative estimate of drug-likeness (QED) is 0.156. The van der Waals surface area contributed by atoms with E-state index in [-0.39, 0.29) is 61.7 Å². The number of pyridine rings is 1. The number of furan rings is 2. The fourth-order valence-corrected chi connectivity index (χ4v) is 4.96. The molecule has 4 aromatic heterocycles. The van der Waals surface area contributed by atoms with Crippen molar-refractivity contribution < 1.29 is 36.9 Å². The van der Waals surface area contributed by atoms with Crippen LogP contribution in [0.1, 0.15) is 43.7 Å². The number of amides is 2. The number of nitro groups is 1. The van der Waals surface area contributed by atoms with E-state index in [4.69, 9.17) is 19.3 Å². The van der Waals surface area contributed by atoms with Crippen molar-refractivity contribution in [3.8, 4) is 17.1 Å². The number of benzene rings is 1. The van der Waals surface area contributed by atoms with E-state index in [9.17, 15) is 28.5 Å². The van der Waals surface area contributed by atoms with Gasteiger partial charge in [-0.2, -0.15) is 0 Å². The third-order valence-electron chi connectivity index (χ3n) is 5.72. The Bertz CT molecular complexity index is 1760. The summed E-state index contributed by atoms with van der Waals surface area (Å²) in [5, 5.41) is 14.1. The fraction of sp³-hybridized carbons (Fsp3) is 0.115. The van der Waals surface area contributed by atoms with Crippen molar-refractivity contribution in [1.29, 1.82) is 0 Å². The molecule has 0 radical (unpaired) electrons. The lowest BCUT2D eigenvalue weighted by atomic mass is 10.1. The van der Waals surface area contributed by atoms with Gasteiger partial charge < -0.3 is 24.6 Å². The minimum absolute atomic E-state index is 0.0231. The van der Waals surface area contributed by atoms with Gasteiger partial charge in [0.05, 0.1) is 16.9 Å². The van der Waals surface area contributed by atoms with Gasteiger partial charge in [0.25, 0.3) is 18.2 Å². The summed E-state index contributed by atoms with van der Waals surface area (Å²) in [5.41, 5.74) is 5.59. The van der Waals surface area contributed by atoms with Gasteiger partial charge in [-0.05, 0) is 48.9 Å². The van der Waals surface area contributed by atoms with Crippen LogP contribution in [0.15, 0.2) is 63.6 Å². The molecule has 204 valence electrons. The Morgan fingerprint density at radius 1 is 1.23 bits per heavy atom. The van der Waals surface area contributed by atoms with Crippen molar-refractivity contribution in [2.24, 2.45) is 5.73 Å². The number of carbonyl (C=O) groups excluding carboxylic acids is 2. The number of fused-ring (bicyclic) bond motifs is 1. The minimum Gasteiger partial charge on any atom is -0.479 e. The number of alkyl halides is 2. The van der Waals surface area contributed by atoms with E-state index >= 15 is 0 Å². The van der Waals surface area contributed by atoms with Crippen LogP contribution in [0.5, 0.6) is 5.75 Å². The van der Waals surface area contributed by atoms with E-state index in [2.05, 4.69) is 10.3 Å². The summed E-state index contributed by atoms with van der Waals surface area (Å²) in [6.45, 7) is 1.49. The summed E-state index contributed by atoms with van der Waals surface area (Å²) >= 11 is 0.747. The summed E-state index contributed by atoms with van der Waals surface area (Å²) in [7, 11) is 0. The van der Waals surface area contributed by atoms with Crippen molar-refractivity contribution in [1.82, 2.24) is 4.98 Å². The maximum atomic E-state index is 13.6. The van der Waals surface area contributed by atoms with Crippen molar-refractivity contribution >= 4 is 44.7 Å². The normalized spacial score (nSPS) is 11.2. The number of halogens is 2. The Morgan fingerprint density at radius 3 is 2.70 bits per heavy atom. The van der Waals surface area contributed by atoms with Crippen LogP contribution in [0.2, 0.25) is 0 Å². The summed E-state index contributed by atoms with van der Waals surface area (Å²) in [5.74, 6) is -1.45. The Hall–Kier alpha value is -5.11. The number of anilines is 1. The summed E-state index contributed by atoms with van der Waals surface area (Å²) in [6.07, 6.45) is -1.55. The SMILES string of the molecule is Cc1ccc(OCc2ccc(C(=O)Nc3c(C(N)=O)sc4nc(C(F)F)cc(-c5ccco5)c34)o2)c([N+](=O)[O-])c1. The van der Waals surface area contributed by atoms with E-state index in [1.54, 1.807) is 19.1 Å². The molecule has 1 aromatic carbocycles. The molecule has 3 N–H and O–H groups in total. The third kappa shape index (κ3) is 5.11. The maximum Gasteiger partial charge on any atom is 0.311 e. The number of aryl methyl sites for hydroxylation is 1. The number of primary amides is 1. The van der Waals surface area contributed by atoms with Crippen LogP contribution in [0, 0.1) is 17.0 Å². The number of ether oxygens (including phenoxy) is 1.